The Balaban J connectivity index is 1.76. The van der Waals surface area contributed by atoms with Crippen molar-refractivity contribution in [2.24, 2.45) is 11.7 Å². The number of ketones is 1. The molecule has 0 saturated heterocycles. The van der Waals surface area contributed by atoms with E-state index in [4.69, 9.17) is 5.73 Å². The number of rotatable bonds is 4. The highest BCUT2D eigenvalue weighted by Crippen LogP contribution is 2.32. The quantitative estimate of drug-likeness (QED) is 0.795. The van der Waals surface area contributed by atoms with E-state index in [0.717, 1.165) is 19.3 Å². The van der Waals surface area contributed by atoms with Crippen LogP contribution in [0.5, 0.6) is 0 Å². The Kier molecular flexibility index (Phi) is 4.01. The lowest BCUT2D eigenvalue weighted by atomic mass is 9.78. The highest BCUT2D eigenvalue weighted by molar-refractivity contribution is 5.79. The molecule has 0 aromatic heterocycles. The molecule has 2 aliphatic rings. The van der Waals surface area contributed by atoms with Crippen molar-refractivity contribution in [3.05, 3.63) is 0 Å². The lowest BCUT2D eigenvalue weighted by molar-refractivity contribution is -0.121. The number of carbonyl (C=O) groups is 1. The number of hydrogen-bond donors (Lipinski definition) is 1. The molecule has 0 aliphatic heterocycles. The van der Waals surface area contributed by atoms with Gasteiger partial charge in [-0.25, -0.2) is 0 Å². The largest absolute Gasteiger partial charge is 0.325 e. The lowest BCUT2D eigenvalue weighted by Gasteiger charge is -2.33. The molecule has 0 heterocycles. The average Bonchev–Trinajstić information content (AvgIpc) is 2.70. The molecule has 2 nitrogen and oxygen atoms in total. The van der Waals surface area contributed by atoms with Crippen molar-refractivity contribution < 1.29 is 4.79 Å². The van der Waals surface area contributed by atoms with Gasteiger partial charge in [0.05, 0.1) is 0 Å². The molecule has 0 unspecified atom stereocenters. The Labute approximate surface area is 99.0 Å². The first-order valence-corrected chi connectivity index (χ1v) is 6.99. The van der Waals surface area contributed by atoms with Gasteiger partial charge >= 0.3 is 0 Å². The van der Waals surface area contributed by atoms with Crippen LogP contribution in [0, 0.1) is 5.92 Å². The molecule has 0 bridgehead atoms. The summed E-state index contributed by atoms with van der Waals surface area (Å²) in [6, 6.07) is 0. The van der Waals surface area contributed by atoms with E-state index in [-0.39, 0.29) is 5.54 Å². The van der Waals surface area contributed by atoms with Crippen LogP contribution >= 0.6 is 0 Å². The first-order chi connectivity index (χ1) is 7.68. The summed E-state index contributed by atoms with van der Waals surface area (Å²) in [5.41, 5.74) is 6.17. The van der Waals surface area contributed by atoms with E-state index in [9.17, 15) is 4.79 Å². The third-order valence-corrected chi connectivity index (χ3v) is 4.39. The van der Waals surface area contributed by atoms with Gasteiger partial charge in [-0.05, 0) is 18.8 Å². The number of hydrogen-bond acceptors (Lipinski definition) is 2. The third-order valence-electron chi connectivity index (χ3n) is 4.39. The van der Waals surface area contributed by atoms with Gasteiger partial charge in [-0.3, -0.25) is 4.79 Å². The molecule has 2 rings (SSSR count). The van der Waals surface area contributed by atoms with Crippen molar-refractivity contribution in [2.75, 3.05) is 0 Å². The van der Waals surface area contributed by atoms with Crippen LogP contribution in [-0.2, 0) is 4.79 Å². The number of Topliss-reactive ketones (excluding diaryl/α,β-unsaturated/α-hetero) is 1. The molecule has 16 heavy (non-hydrogen) atoms. The Bertz CT molecular complexity index is 237. The zero-order valence-electron chi connectivity index (χ0n) is 10.3. The Morgan fingerprint density at radius 3 is 2.31 bits per heavy atom. The topological polar surface area (TPSA) is 43.1 Å². The standard InChI is InChI=1S/C14H25NO/c15-14(8-4-1-5-9-14)11-13(16)10-12-6-2-3-7-12/h12H,1-11,15H2. The van der Waals surface area contributed by atoms with Crippen LogP contribution in [0.2, 0.25) is 0 Å². The van der Waals surface area contributed by atoms with Crippen molar-refractivity contribution in [1.82, 2.24) is 0 Å². The summed E-state index contributed by atoms with van der Waals surface area (Å²) in [5, 5.41) is 0. The normalized spacial score (nSPS) is 25.8. The van der Waals surface area contributed by atoms with Crippen molar-refractivity contribution in [2.45, 2.75) is 76.2 Å². The molecule has 2 aliphatic carbocycles. The van der Waals surface area contributed by atoms with E-state index in [2.05, 4.69) is 0 Å². The fraction of sp³-hybridized carbons (Fsp3) is 0.929. The van der Waals surface area contributed by atoms with E-state index < -0.39 is 0 Å². The maximum atomic E-state index is 12.0. The fourth-order valence-corrected chi connectivity index (χ4v) is 3.43. The Hall–Kier alpha value is -0.370. The summed E-state index contributed by atoms with van der Waals surface area (Å²) in [6.07, 6.45) is 12.5. The molecule has 2 saturated carbocycles. The monoisotopic (exact) mass is 223 g/mol. The van der Waals surface area contributed by atoms with Crippen molar-refractivity contribution >= 4 is 5.78 Å². The smallest absolute Gasteiger partial charge is 0.135 e. The number of carbonyl (C=O) groups excluding carboxylic acids is 1. The molecule has 0 atom stereocenters. The van der Waals surface area contributed by atoms with E-state index in [1.54, 1.807) is 0 Å². The zero-order valence-corrected chi connectivity index (χ0v) is 10.3. The van der Waals surface area contributed by atoms with Gasteiger partial charge < -0.3 is 5.73 Å². The summed E-state index contributed by atoms with van der Waals surface area (Å²) in [4.78, 5) is 12.0. The van der Waals surface area contributed by atoms with E-state index in [1.807, 2.05) is 0 Å². The molecule has 0 radical (unpaired) electrons. The van der Waals surface area contributed by atoms with E-state index in [0.29, 0.717) is 18.1 Å². The molecule has 0 amide bonds. The van der Waals surface area contributed by atoms with Gasteiger partial charge in [0.25, 0.3) is 0 Å². The molecule has 0 spiro atoms. The van der Waals surface area contributed by atoms with Gasteiger partial charge in [0.1, 0.15) is 5.78 Å². The third kappa shape index (κ3) is 3.31. The Morgan fingerprint density at radius 2 is 1.69 bits per heavy atom. The maximum Gasteiger partial charge on any atom is 0.135 e. The van der Waals surface area contributed by atoms with Gasteiger partial charge in [0.15, 0.2) is 0 Å². The SMILES string of the molecule is NC1(CC(=O)CC2CCCC2)CCCCC1. The lowest BCUT2D eigenvalue weighted by Crippen LogP contribution is -2.43. The summed E-state index contributed by atoms with van der Waals surface area (Å²) in [5.74, 6) is 1.11. The molecule has 0 aromatic carbocycles. The molecule has 2 fully saturated rings. The summed E-state index contributed by atoms with van der Waals surface area (Å²) >= 11 is 0. The first kappa shape index (κ1) is 12.1. The first-order valence-electron chi connectivity index (χ1n) is 6.99. The fourth-order valence-electron chi connectivity index (χ4n) is 3.43. The maximum absolute atomic E-state index is 12.0. The van der Waals surface area contributed by atoms with E-state index >= 15 is 0 Å². The number of nitrogens with two attached hydrogens (primary N) is 1. The van der Waals surface area contributed by atoms with Gasteiger partial charge in [-0.1, -0.05) is 44.9 Å². The van der Waals surface area contributed by atoms with Crippen LogP contribution in [0.15, 0.2) is 0 Å². The van der Waals surface area contributed by atoms with Crippen LogP contribution in [0.1, 0.15) is 70.6 Å². The summed E-state index contributed by atoms with van der Waals surface area (Å²) in [7, 11) is 0. The van der Waals surface area contributed by atoms with Gasteiger partial charge in [0.2, 0.25) is 0 Å². The second-order valence-corrected chi connectivity index (χ2v) is 5.99. The minimum absolute atomic E-state index is 0.145. The van der Waals surface area contributed by atoms with Gasteiger partial charge in [-0.15, -0.1) is 0 Å². The summed E-state index contributed by atoms with van der Waals surface area (Å²) < 4.78 is 0. The van der Waals surface area contributed by atoms with E-state index in [1.165, 1.54) is 44.9 Å². The average molecular weight is 223 g/mol. The zero-order chi connectivity index (χ0) is 11.4. The molecular weight excluding hydrogens is 198 g/mol. The minimum Gasteiger partial charge on any atom is -0.325 e. The van der Waals surface area contributed by atoms with Gasteiger partial charge in [0, 0.05) is 18.4 Å². The molecular formula is C14H25NO. The van der Waals surface area contributed by atoms with Crippen LogP contribution in [0.25, 0.3) is 0 Å². The highest BCUT2D eigenvalue weighted by atomic mass is 16.1. The molecule has 2 N–H and O–H groups in total. The van der Waals surface area contributed by atoms with Crippen LogP contribution in [0.4, 0.5) is 0 Å². The van der Waals surface area contributed by atoms with Crippen molar-refractivity contribution in [3.8, 4) is 0 Å². The van der Waals surface area contributed by atoms with Crippen LogP contribution in [0.3, 0.4) is 0 Å². The van der Waals surface area contributed by atoms with Crippen LogP contribution in [-0.4, -0.2) is 11.3 Å². The molecule has 0 aromatic rings. The second kappa shape index (κ2) is 5.31. The van der Waals surface area contributed by atoms with Crippen molar-refractivity contribution in [1.29, 1.82) is 0 Å². The molecule has 2 heteroatoms. The summed E-state index contributed by atoms with van der Waals surface area (Å²) in [6.45, 7) is 0. The second-order valence-electron chi connectivity index (χ2n) is 5.99. The van der Waals surface area contributed by atoms with Crippen LogP contribution < -0.4 is 5.73 Å². The van der Waals surface area contributed by atoms with Crippen molar-refractivity contribution in [3.63, 3.8) is 0 Å². The predicted octanol–water partition coefficient (Wildman–Crippen LogP) is 3.19. The highest BCUT2D eigenvalue weighted by Gasteiger charge is 2.30. The predicted molar refractivity (Wildman–Crippen MR) is 66.2 cm³/mol. The minimum atomic E-state index is -0.145. The molecule has 92 valence electrons. The Morgan fingerprint density at radius 1 is 1.06 bits per heavy atom. The van der Waals surface area contributed by atoms with Gasteiger partial charge in [-0.2, -0.15) is 0 Å².